The fourth-order valence-electron chi connectivity index (χ4n) is 2.94. The summed E-state index contributed by atoms with van der Waals surface area (Å²) in [6.07, 6.45) is 2.20. The molecule has 0 aliphatic carbocycles. The van der Waals surface area contributed by atoms with E-state index < -0.39 is 11.9 Å². The Morgan fingerprint density at radius 1 is 1.38 bits per heavy atom. The number of rotatable bonds is 5. The molecule has 1 fully saturated rings. The zero-order chi connectivity index (χ0) is 17.1. The van der Waals surface area contributed by atoms with Gasteiger partial charge in [0.1, 0.15) is 0 Å². The molecule has 1 aromatic carbocycles. The van der Waals surface area contributed by atoms with Crippen molar-refractivity contribution in [1.82, 2.24) is 15.3 Å². The van der Waals surface area contributed by atoms with Crippen molar-refractivity contribution in [2.24, 2.45) is 5.92 Å². The van der Waals surface area contributed by atoms with E-state index in [1.54, 1.807) is 0 Å². The summed E-state index contributed by atoms with van der Waals surface area (Å²) < 4.78 is 0. The molecule has 2 heterocycles. The number of hydrogen-bond donors (Lipinski definition) is 3. The first kappa shape index (κ1) is 16.0. The number of H-pyrrole nitrogens is 1. The van der Waals surface area contributed by atoms with E-state index in [2.05, 4.69) is 51.4 Å². The molecule has 7 nitrogen and oxygen atoms in total. The maximum absolute atomic E-state index is 12.1. The predicted octanol–water partition coefficient (Wildman–Crippen LogP) is 1.67. The van der Waals surface area contributed by atoms with Gasteiger partial charge < -0.3 is 20.3 Å². The molecule has 0 radical (unpaired) electrons. The van der Waals surface area contributed by atoms with Crippen LogP contribution in [0.15, 0.2) is 30.6 Å². The fourth-order valence-corrected chi connectivity index (χ4v) is 2.94. The topological polar surface area (TPSA) is 98.3 Å². The molecular formula is C17H20N4O3. The second-order valence-electron chi connectivity index (χ2n) is 6.08. The summed E-state index contributed by atoms with van der Waals surface area (Å²) in [5.74, 6) is -1.31. The Hall–Kier alpha value is -2.83. The highest BCUT2D eigenvalue weighted by molar-refractivity contribution is 6.02. The van der Waals surface area contributed by atoms with Gasteiger partial charge in [-0.25, -0.2) is 9.78 Å². The summed E-state index contributed by atoms with van der Waals surface area (Å²) in [4.78, 5) is 31.7. The summed E-state index contributed by atoms with van der Waals surface area (Å²) in [7, 11) is 0. The van der Waals surface area contributed by atoms with Crippen LogP contribution in [0.4, 0.5) is 5.69 Å². The molecular weight excluding hydrogens is 308 g/mol. The lowest BCUT2D eigenvalue weighted by atomic mass is 10.1. The van der Waals surface area contributed by atoms with Crippen molar-refractivity contribution in [3.63, 3.8) is 0 Å². The first-order valence-electron chi connectivity index (χ1n) is 7.91. The molecule has 0 bridgehead atoms. The van der Waals surface area contributed by atoms with Gasteiger partial charge >= 0.3 is 5.97 Å². The van der Waals surface area contributed by atoms with E-state index in [9.17, 15) is 9.59 Å². The second kappa shape index (κ2) is 6.74. The number of anilines is 1. The lowest BCUT2D eigenvalue weighted by Gasteiger charge is -2.19. The van der Waals surface area contributed by atoms with Crippen molar-refractivity contribution < 1.29 is 14.7 Å². The Bertz CT molecular complexity index is 739. The van der Waals surface area contributed by atoms with Crippen molar-refractivity contribution in [2.75, 3.05) is 24.5 Å². The van der Waals surface area contributed by atoms with E-state index in [1.807, 2.05) is 0 Å². The molecule has 1 unspecified atom stereocenters. The third-order valence-electron chi connectivity index (χ3n) is 4.30. The molecule has 0 saturated carbocycles. The quantitative estimate of drug-likeness (QED) is 0.775. The van der Waals surface area contributed by atoms with Crippen LogP contribution < -0.4 is 10.2 Å². The van der Waals surface area contributed by atoms with Gasteiger partial charge in [-0.05, 0) is 31.4 Å². The number of carboxylic acids is 1. The zero-order valence-corrected chi connectivity index (χ0v) is 13.5. The number of hydrogen-bond acceptors (Lipinski definition) is 4. The second-order valence-corrected chi connectivity index (χ2v) is 6.08. The molecule has 1 amide bonds. The highest BCUT2D eigenvalue weighted by atomic mass is 16.4. The summed E-state index contributed by atoms with van der Waals surface area (Å²) >= 11 is 0. The Morgan fingerprint density at radius 3 is 2.83 bits per heavy atom. The molecule has 0 spiro atoms. The average molecular weight is 328 g/mol. The van der Waals surface area contributed by atoms with Crippen LogP contribution in [0, 0.1) is 12.8 Å². The van der Waals surface area contributed by atoms with Gasteiger partial charge in [-0.3, -0.25) is 4.79 Å². The largest absolute Gasteiger partial charge is 0.477 e. The Morgan fingerprint density at radius 2 is 2.12 bits per heavy atom. The first-order valence-corrected chi connectivity index (χ1v) is 7.91. The third-order valence-corrected chi connectivity index (χ3v) is 4.30. The normalized spacial score (nSPS) is 17.0. The van der Waals surface area contributed by atoms with E-state index in [-0.39, 0.29) is 11.4 Å². The maximum atomic E-state index is 12.1. The summed E-state index contributed by atoms with van der Waals surface area (Å²) in [6.45, 7) is 4.39. The molecule has 1 saturated heterocycles. The maximum Gasteiger partial charge on any atom is 0.354 e. The molecule has 3 rings (SSSR count). The first-order chi connectivity index (χ1) is 11.5. The highest BCUT2D eigenvalue weighted by Crippen LogP contribution is 2.23. The van der Waals surface area contributed by atoms with Crippen LogP contribution >= 0.6 is 0 Å². The number of aryl methyl sites for hydroxylation is 1. The molecule has 1 aliphatic heterocycles. The zero-order valence-electron chi connectivity index (χ0n) is 13.5. The highest BCUT2D eigenvalue weighted by Gasteiger charge is 2.25. The lowest BCUT2D eigenvalue weighted by Crippen LogP contribution is -2.32. The van der Waals surface area contributed by atoms with E-state index in [0.29, 0.717) is 12.5 Å². The molecule has 1 aromatic heterocycles. The Balaban J connectivity index is 1.54. The molecule has 2 aromatic rings. The monoisotopic (exact) mass is 328 g/mol. The van der Waals surface area contributed by atoms with Crippen molar-refractivity contribution >= 4 is 17.6 Å². The van der Waals surface area contributed by atoms with E-state index >= 15 is 0 Å². The van der Waals surface area contributed by atoms with Crippen molar-refractivity contribution in [2.45, 2.75) is 13.3 Å². The van der Waals surface area contributed by atoms with Crippen LogP contribution in [0.3, 0.4) is 0 Å². The number of benzene rings is 1. The number of aromatic amines is 1. The van der Waals surface area contributed by atoms with Gasteiger partial charge in [0.2, 0.25) is 0 Å². The fraction of sp³-hybridized carbons (Fsp3) is 0.353. The van der Waals surface area contributed by atoms with Gasteiger partial charge in [0.15, 0.2) is 11.4 Å². The van der Waals surface area contributed by atoms with Gasteiger partial charge in [0, 0.05) is 25.3 Å². The van der Waals surface area contributed by atoms with Crippen LogP contribution in [0.2, 0.25) is 0 Å². The van der Waals surface area contributed by atoms with Gasteiger partial charge in [0.05, 0.1) is 6.33 Å². The smallest absolute Gasteiger partial charge is 0.354 e. The summed E-state index contributed by atoms with van der Waals surface area (Å²) in [6, 6.07) is 8.41. The number of nitrogens with one attached hydrogen (secondary N) is 2. The van der Waals surface area contributed by atoms with Crippen LogP contribution in [-0.4, -0.2) is 46.6 Å². The van der Waals surface area contributed by atoms with Crippen molar-refractivity contribution in [3.8, 4) is 0 Å². The van der Waals surface area contributed by atoms with E-state index in [4.69, 9.17) is 5.11 Å². The number of amides is 1. The van der Waals surface area contributed by atoms with Crippen LogP contribution in [-0.2, 0) is 0 Å². The number of imidazole rings is 1. The molecule has 24 heavy (non-hydrogen) atoms. The molecule has 1 aliphatic rings. The molecule has 1 atom stereocenters. The predicted molar refractivity (Wildman–Crippen MR) is 89.4 cm³/mol. The SMILES string of the molecule is Cc1ccc(N2CCC(CNC(=O)c3nc[nH]c3C(=O)O)C2)cc1. The van der Waals surface area contributed by atoms with E-state index in [1.165, 1.54) is 17.6 Å². The molecule has 3 N–H and O–H groups in total. The van der Waals surface area contributed by atoms with Gasteiger partial charge in [0.25, 0.3) is 5.91 Å². The lowest BCUT2D eigenvalue weighted by molar-refractivity contribution is 0.0685. The van der Waals surface area contributed by atoms with Crippen LogP contribution in [0.1, 0.15) is 33.0 Å². The van der Waals surface area contributed by atoms with Gasteiger partial charge in [-0.1, -0.05) is 17.7 Å². The Labute approximate surface area is 139 Å². The number of aromatic nitrogens is 2. The minimum Gasteiger partial charge on any atom is -0.477 e. The number of aromatic carboxylic acids is 1. The van der Waals surface area contributed by atoms with Crippen molar-refractivity contribution in [1.29, 1.82) is 0 Å². The summed E-state index contributed by atoms with van der Waals surface area (Å²) in [5.41, 5.74) is 2.17. The van der Waals surface area contributed by atoms with E-state index in [0.717, 1.165) is 19.5 Å². The Kier molecular flexibility index (Phi) is 4.50. The van der Waals surface area contributed by atoms with Crippen LogP contribution in [0.25, 0.3) is 0 Å². The minimum atomic E-state index is -1.19. The standard InChI is InChI=1S/C17H20N4O3/c1-11-2-4-13(5-3-11)21-7-6-12(9-21)8-18-16(22)14-15(17(23)24)20-10-19-14/h2-5,10,12H,6-9H2,1H3,(H,18,22)(H,19,20)(H,23,24). The third kappa shape index (κ3) is 3.40. The average Bonchev–Trinajstić information content (AvgIpc) is 3.22. The number of carbonyl (C=O) groups is 2. The number of carbonyl (C=O) groups excluding carboxylic acids is 1. The molecule has 7 heteroatoms. The minimum absolute atomic E-state index is 0.0733. The number of nitrogens with zero attached hydrogens (tertiary/aromatic N) is 2. The molecule has 126 valence electrons. The van der Waals surface area contributed by atoms with Gasteiger partial charge in [-0.2, -0.15) is 0 Å². The van der Waals surface area contributed by atoms with Crippen LogP contribution in [0.5, 0.6) is 0 Å². The van der Waals surface area contributed by atoms with Crippen molar-refractivity contribution in [3.05, 3.63) is 47.5 Å². The van der Waals surface area contributed by atoms with Gasteiger partial charge in [-0.15, -0.1) is 0 Å². The summed E-state index contributed by atoms with van der Waals surface area (Å²) in [5, 5.41) is 11.8. The number of carboxylic acid groups (broad SMARTS) is 1.